The SMILES string of the molecule is O=C(O[C@@H]1CC2CC[N+]1(CCCc1cccs1)CC2)C1(O)c2ccccc2Oc2ccccc21. The van der Waals surface area contributed by atoms with Crippen molar-refractivity contribution in [3.63, 3.8) is 0 Å². The monoisotopic (exact) mass is 476 g/mol. The number of ether oxygens (including phenoxy) is 2. The van der Waals surface area contributed by atoms with E-state index in [0.717, 1.165) is 43.4 Å². The predicted octanol–water partition coefficient (Wildman–Crippen LogP) is 5.22. The van der Waals surface area contributed by atoms with Gasteiger partial charge in [-0.25, -0.2) is 4.79 Å². The fourth-order valence-corrected chi connectivity index (χ4v) is 6.87. The van der Waals surface area contributed by atoms with Gasteiger partial charge in [-0.05, 0) is 35.9 Å². The Bertz CT molecular complexity index is 1140. The molecule has 1 atom stereocenters. The molecule has 3 aromatic rings. The summed E-state index contributed by atoms with van der Waals surface area (Å²) in [5, 5.41) is 14.1. The first-order chi connectivity index (χ1) is 16.6. The largest absolute Gasteiger partial charge is 0.457 e. The van der Waals surface area contributed by atoms with Crippen LogP contribution >= 0.6 is 11.3 Å². The third-order valence-corrected chi connectivity index (χ3v) is 8.97. The highest BCUT2D eigenvalue weighted by atomic mass is 32.1. The van der Waals surface area contributed by atoms with E-state index in [4.69, 9.17) is 9.47 Å². The summed E-state index contributed by atoms with van der Waals surface area (Å²) in [7, 11) is 0. The number of rotatable bonds is 6. The van der Waals surface area contributed by atoms with Gasteiger partial charge in [0.05, 0.1) is 19.6 Å². The quantitative estimate of drug-likeness (QED) is 0.391. The fourth-order valence-electron chi connectivity index (χ4n) is 6.12. The molecule has 5 heterocycles. The zero-order valence-electron chi connectivity index (χ0n) is 19.2. The van der Waals surface area contributed by atoms with Crippen molar-refractivity contribution < 1.29 is 23.9 Å². The second-order valence-electron chi connectivity index (χ2n) is 9.92. The molecular formula is C28H30NO4S+. The maximum atomic E-state index is 13.9. The van der Waals surface area contributed by atoms with Crippen molar-refractivity contribution in [1.82, 2.24) is 0 Å². The van der Waals surface area contributed by atoms with E-state index in [1.54, 1.807) is 35.6 Å². The minimum Gasteiger partial charge on any atom is -0.457 e. The highest BCUT2D eigenvalue weighted by Gasteiger charge is 2.54. The lowest BCUT2D eigenvalue weighted by Crippen LogP contribution is -2.66. The van der Waals surface area contributed by atoms with Gasteiger partial charge in [-0.2, -0.15) is 0 Å². The van der Waals surface area contributed by atoms with Crippen LogP contribution in [0, 0.1) is 5.92 Å². The number of aliphatic hydroxyl groups is 1. The summed E-state index contributed by atoms with van der Waals surface area (Å²) < 4.78 is 13.1. The molecule has 2 aromatic carbocycles. The molecule has 0 unspecified atom stereocenters. The van der Waals surface area contributed by atoms with Crippen molar-refractivity contribution >= 4 is 17.3 Å². The molecule has 4 aliphatic heterocycles. The number of hydrogen-bond donors (Lipinski definition) is 1. The third-order valence-electron chi connectivity index (χ3n) is 8.03. The second-order valence-corrected chi connectivity index (χ2v) is 10.9. The molecular weight excluding hydrogens is 446 g/mol. The Morgan fingerprint density at radius 1 is 1.03 bits per heavy atom. The summed E-state index contributed by atoms with van der Waals surface area (Å²) in [5.74, 6) is 0.986. The summed E-state index contributed by atoms with van der Waals surface area (Å²) in [4.78, 5) is 15.3. The number of hydrogen-bond acceptors (Lipinski definition) is 5. The van der Waals surface area contributed by atoms with Crippen LogP contribution < -0.4 is 4.74 Å². The van der Waals surface area contributed by atoms with Gasteiger partial charge in [-0.15, -0.1) is 11.3 Å². The number of para-hydroxylation sites is 2. The number of nitrogens with zero attached hydrogens (tertiary/aromatic N) is 1. The van der Waals surface area contributed by atoms with Gasteiger partial charge in [0.25, 0.3) is 0 Å². The summed E-state index contributed by atoms with van der Waals surface area (Å²) in [6.45, 7) is 3.08. The molecule has 0 radical (unpaired) electrons. The highest BCUT2D eigenvalue weighted by Crippen LogP contribution is 2.48. The first kappa shape index (κ1) is 21.8. The van der Waals surface area contributed by atoms with Gasteiger partial charge in [0.1, 0.15) is 11.5 Å². The number of fused-ring (bicyclic) bond motifs is 5. The maximum absolute atomic E-state index is 13.9. The van der Waals surface area contributed by atoms with E-state index >= 15 is 0 Å². The number of piperidine rings is 3. The van der Waals surface area contributed by atoms with Crippen LogP contribution in [0.2, 0.25) is 0 Å². The second kappa shape index (κ2) is 8.52. The molecule has 6 heteroatoms. The van der Waals surface area contributed by atoms with Gasteiger partial charge < -0.3 is 14.6 Å². The van der Waals surface area contributed by atoms with E-state index in [1.165, 1.54) is 17.7 Å². The van der Waals surface area contributed by atoms with Crippen molar-refractivity contribution in [1.29, 1.82) is 0 Å². The number of quaternary nitrogens is 1. The molecule has 7 rings (SSSR count). The molecule has 5 nitrogen and oxygen atoms in total. The molecule has 0 aliphatic carbocycles. The Balaban J connectivity index is 1.28. The summed E-state index contributed by atoms with van der Waals surface area (Å²) >= 11 is 1.81. The van der Waals surface area contributed by atoms with E-state index in [9.17, 15) is 9.90 Å². The van der Waals surface area contributed by atoms with Gasteiger partial charge in [0.2, 0.25) is 11.8 Å². The normalized spacial score (nSPS) is 26.3. The number of carbonyl (C=O) groups excluding carboxylic acids is 1. The third kappa shape index (κ3) is 3.56. The molecule has 0 saturated carbocycles. The van der Waals surface area contributed by atoms with Gasteiger partial charge >= 0.3 is 5.97 Å². The lowest BCUT2D eigenvalue weighted by Gasteiger charge is -2.53. The van der Waals surface area contributed by atoms with Crippen LogP contribution in [0.5, 0.6) is 11.5 Å². The molecule has 1 aromatic heterocycles. The molecule has 176 valence electrons. The van der Waals surface area contributed by atoms with Crippen LogP contribution in [-0.4, -0.2) is 41.4 Å². The van der Waals surface area contributed by atoms with Crippen LogP contribution in [0.4, 0.5) is 0 Å². The van der Waals surface area contributed by atoms with Crippen LogP contribution in [0.1, 0.15) is 41.7 Å². The number of carbonyl (C=O) groups is 1. The lowest BCUT2D eigenvalue weighted by molar-refractivity contribution is -0.984. The number of benzene rings is 2. The van der Waals surface area contributed by atoms with Gasteiger partial charge in [-0.1, -0.05) is 42.5 Å². The summed E-state index contributed by atoms with van der Waals surface area (Å²) in [5.41, 5.74) is -0.998. The van der Waals surface area contributed by atoms with Crippen molar-refractivity contribution in [2.75, 3.05) is 19.6 Å². The van der Waals surface area contributed by atoms with Crippen molar-refractivity contribution in [2.24, 2.45) is 5.92 Å². The average molecular weight is 477 g/mol. The van der Waals surface area contributed by atoms with Crippen molar-refractivity contribution in [2.45, 2.75) is 43.9 Å². The number of aryl methyl sites for hydroxylation is 1. The van der Waals surface area contributed by atoms with Gasteiger partial charge in [0.15, 0.2) is 0 Å². The Morgan fingerprint density at radius 2 is 1.71 bits per heavy atom. The summed E-state index contributed by atoms with van der Waals surface area (Å²) in [6, 6.07) is 18.7. The van der Waals surface area contributed by atoms with Crippen LogP contribution in [0.15, 0.2) is 66.0 Å². The molecule has 0 spiro atoms. The highest BCUT2D eigenvalue weighted by molar-refractivity contribution is 7.09. The molecule has 3 fully saturated rings. The Labute approximate surface area is 204 Å². The molecule has 0 amide bonds. The maximum Gasteiger partial charge on any atom is 0.352 e. The molecule has 4 aliphatic rings. The molecule has 3 saturated heterocycles. The topological polar surface area (TPSA) is 55.8 Å². The van der Waals surface area contributed by atoms with E-state index in [0.29, 0.717) is 28.5 Å². The van der Waals surface area contributed by atoms with Crippen molar-refractivity contribution in [3.8, 4) is 11.5 Å². The first-order valence-electron chi connectivity index (χ1n) is 12.3. The molecule has 1 N–H and O–H groups in total. The van der Waals surface area contributed by atoms with E-state index < -0.39 is 11.6 Å². The standard InChI is InChI=1S/C28H30NO4S/c30-27(28(31)22-9-1-3-11-24(22)32-25-12-4-2-10-23(25)28)33-26-19-20-13-16-29(26,17-14-20)15-5-7-21-8-6-18-34-21/h1-4,6,8-12,18,20,26,31H,5,7,13-17,19H2/q+1/t20?,26-,29?/m1/s1. The fraction of sp³-hybridized carbons (Fsp3) is 0.393. The molecule has 2 bridgehead atoms. The average Bonchev–Trinajstić information content (AvgIpc) is 3.39. The Morgan fingerprint density at radius 3 is 2.35 bits per heavy atom. The van der Waals surface area contributed by atoms with Crippen LogP contribution in [0.25, 0.3) is 0 Å². The minimum atomic E-state index is -1.88. The lowest BCUT2D eigenvalue weighted by atomic mass is 9.82. The Hall–Kier alpha value is -2.67. The Kier molecular flexibility index (Phi) is 5.47. The van der Waals surface area contributed by atoms with Crippen LogP contribution in [-0.2, 0) is 21.6 Å². The molecule has 34 heavy (non-hydrogen) atoms. The smallest absolute Gasteiger partial charge is 0.352 e. The number of esters is 1. The van der Waals surface area contributed by atoms with Crippen LogP contribution in [0.3, 0.4) is 0 Å². The first-order valence-corrected chi connectivity index (χ1v) is 13.1. The van der Waals surface area contributed by atoms with Gasteiger partial charge in [0, 0.05) is 41.7 Å². The summed E-state index contributed by atoms with van der Waals surface area (Å²) in [6.07, 6.45) is 5.18. The predicted molar refractivity (Wildman–Crippen MR) is 131 cm³/mol. The van der Waals surface area contributed by atoms with Gasteiger partial charge in [-0.3, -0.25) is 4.48 Å². The zero-order chi connectivity index (χ0) is 23.2. The van der Waals surface area contributed by atoms with Crippen molar-refractivity contribution in [3.05, 3.63) is 82.0 Å². The van der Waals surface area contributed by atoms with E-state index in [1.807, 2.05) is 24.3 Å². The van der Waals surface area contributed by atoms with E-state index in [2.05, 4.69) is 17.5 Å². The zero-order valence-corrected chi connectivity index (χ0v) is 20.0. The van der Waals surface area contributed by atoms with E-state index in [-0.39, 0.29) is 6.23 Å². The number of thiophene rings is 1. The minimum absolute atomic E-state index is 0.213.